The van der Waals surface area contributed by atoms with Crippen LogP contribution in [0.2, 0.25) is 0 Å². The van der Waals surface area contributed by atoms with E-state index in [0.29, 0.717) is 30.0 Å². The minimum Gasteiger partial charge on any atom is -0.488 e. The van der Waals surface area contributed by atoms with Gasteiger partial charge in [-0.15, -0.1) is 0 Å². The molecule has 0 saturated heterocycles. The molecule has 0 saturated carbocycles. The normalized spacial score (nSPS) is 12.5. The molecule has 0 amide bonds. The lowest BCUT2D eigenvalue weighted by Gasteiger charge is -2.23. The molecule has 0 heterocycles. The van der Waals surface area contributed by atoms with Crippen molar-refractivity contribution in [2.75, 3.05) is 13.7 Å². The molecule has 0 spiro atoms. The fourth-order valence-electron chi connectivity index (χ4n) is 2.41. The Morgan fingerprint density at radius 3 is 2.46 bits per heavy atom. The van der Waals surface area contributed by atoms with Crippen LogP contribution in [0.25, 0.3) is 0 Å². The van der Waals surface area contributed by atoms with Gasteiger partial charge in [-0.1, -0.05) is 36.4 Å². The molecule has 2 aromatic rings. The molecule has 0 aromatic heterocycles. The molecule has 5 heteroatoms. The monoisotopic (exact) mass is 357 g/mol. The number of benzene rings is 2. The molecular weight excluding hydrogens is 330 g/mol. The minimum atomic E-state index is -0.735. The second-order valence-corrected chi connectivity index (χ2v) is 7.17. The summed E-state index contributed by atoms with van der Waals surface area (Å²) in [7, 11) is 1.33. The maximum absolute atomic E-state index is 12.1. The summed E-state index contributed by atoms with van der Waals surface area (Å²) in [5.74, 6) is -0.0636. The average molecular weight is 357 g/mol. The predicted molar refractivity (Wildman–Crippen MR) is 101 cm³/mol. The Labute approximate surface area is 155 Å². The number of carbonyl (C=O) groups is 1. The first-order chi connectivity index (χ1) is 12.3. The van der Waals surface area contributed by atoms with Crippen LogP contribution in [0.1, 0.15) is 48.4 Å². The van der Waals surface area contributed by atoms with E-state index in [1.807, 2.05) is 51.1 Å². The zero-order chi connectivity index (χ0) is 19.2. The van der Waals surface area contributed by atoms with Crippen molar-refractivity contribution in [2.24, 2.45) is 0 Å². The van der Waals surface area contributed by atoms with E-state index < -0.39 is 12.1 Å². The molecule has 140 valence electrons. The summed E-state index contributed by atoms with van der Waals surface area (Å²) < 4.78 is 10.7. The molecule has 0 aliphatic heterocycles. The van der Waals surface area contributed by atoms with E-state index in [4.69, 9.17) is 9.47 Å². The van der Waals surface area contributed by atoms with Crippen LogP contribution in [-0.2, 0) is 11.3 Å². The second kappa shape index (κ2) is 8.83. The van der Waals surface area contributed by atoms with Crippen LogP contribution in [0.3, 0.4) is 0 Å². The Bertz CT molecular complexity index is 723. The van der Waals surface area contributed by atoms with Crippen molar-refractivity contribution in [3.63, 3.8) is 0 Å². The van der Waals surface area contributed by atoms with Gasteiger partial charge in [0.15, 0.2) is 0 Å². The number of nitrogens with one attached hydrogen (secondary N) is 1. The molecule has 2 rings (SSSR count). The van der Waals surface area contributed by atoms with Gasteiger partial charge in [0.2, 0.25) is 0 Å². The van der Waals surface area contributed by atoms with Gasteiger partial charge in [-0.05, 0) is 44.0 Å². The lowest BCUT2D eigenvalue weighted by Crippen LogP contribution is -2.38. The third kappa shape index (κ3) is 5.86. The first-order valence-corrected chi connectivity index (χ1v) is 8.62. The SMILES string of the molecule is COC(=O)c1cc(C(O)CNC(C)(C)C)ccc1OCc1ccccc1. The summed E-state index contributed by atoms with van der Waals surface area (Å²) in [4.78, 5) is 12.1. The molecule has 0 aliphatic rings. The topological polar surface area (TPSA) is 67.8 Å². The van der Waals surface area contributed by atoms with Crippen LogP contribution < -0.4 is 10.1 Å². The van der Waals surface area contributed by atoms with Crippen LogP contribution in [0.4, 0.5) is 0 Å². The van der Waals surface area contributed by atoms with E-state index in [1.165, 1.54) is 7.11 Å². The van der Waals surface area contributed by atoms with E-state index in [9.17, 15) is 9.90 Å². The lowest BCUT2D eigenvalue weighted by atomic mass is 10.0. The van der Waals surface area contributed by atoms with E-state index in [2.05, 4.69) is 5.32 Å². The fourth-order valence-corrected chi connectivity index (χ4v) is 2.41. The van der Waals surface area contributed by atoms with E-state index in [-0.39, 0.29) is 5.54 Å². The molecule has 0 bridgehead atoms. The predicted octanol–water partition coefficient (Wildman–Crippen LogP) is 3.47. The summed E-state index contributed by atoms with van der Waals surface area (Å²) in [6, 6.07) is 14.8. The smallest absolute Gasteiger partial charge is 0.341 e. The maximum Gasteiger partial charge on any atom is 0.341 e. The van der Waals surface area contributed by atoms with Gasteiger partial charge in [0.1, 0.15) is 17.9 Å². The Morgan fingerprint density at radius 1 is 1.15 bits per heavy atom. The summed E-state index contributed by atoms with van der Waals surface area (Å²) in [5, 5.41) is 13.7. The number of carbonyl (C=O) groups excluding carboxylic acids is 1. The molecule has 26 heavy (non-hydrogen) atoms. The second-order valence-electron chi connectivity index (χ2n) is 7.17. The number of rotatable bonds is 7. The van der Waals surface area contributed by atoms with Crippen molar-refractivity contribution in [3.05, 3.63) is 65.2 Å². The highest BCUT2D eigenvalue weighted by Crippen LogP contribution is 2.25. The van der Waals surface area contributed by atoms with Gasteiger partial charge in [0, 0.05) is 12.1 Å². The van der Waals surface area contributed by atoms with Gasteiger partial charge >= 0.3 is 5.97 Å². The molecule has 2 aromatic carbocycles. The quantitative estimate of drug-likeness (QED) is 0.743. The Morgan fingerprint density at radius 2 is 1.85 bits per heavy atom. The highest BCUT2D eigenvalue weighted by Gasteiger charge is 2.19. The summed E-state index contributed by atoms with van der Waals surface area (Å²) in [5.41, 5.74) is 1.83. The van der Waals surface area contributed by atoms with Crippen LogP contribution in [-0.4, -0.2) is 30.3 Å². The number of aliphatic hydroxyl groups is 1. The molecule has 5 nitrogen and oxygen atoms in total. The number of aliphatic hydroxyl groups excluding tert-OH is 1. The molecule has 1 atom stereocenters. The van der Waals surface area contributed by atoms with E-state index in [1.54, 1.807) is 18.2 Å². The highest BCUT2D eigenvalue weighted by atomic mass is 16.5. The largest absolute Gasteiger partial charge is 0.488 e. The number of hydrogen-bond acceptors (Lipinski definition) is 5. The summed E-state index contributed by atoms with van der Waals surface area (Å²) in [6.45, 7) is 6.81. The van der Waals surface area contributed by atoms with Gasteiger partial charge < -0.3 is 19.9 Å². The molecule has 0 aliphatic carbocycles. The number of hydrogen-bond donors (Lipinski definition) is 2. The van der Waals surface area contributed by atoms with Crippen molar-refractivity contribution >= 4 is 5.97 Å². The van der Waals surface area contributed by atoms with E-state index in [0.717, 1.165) is 5.56 Å². The number of methoxy groups -OCH3 is 1. The van der Waals surface area contributed by atoms with Gasteiger partial charge in [-0.25, -0.2) is 4.79 Å². The van der Waals surface area contributed by atoms with Gasteiger partial charge in [0.25, 0.3) is 0 Å². The zero-order valence-electron chi connectivity index (χ0n) is 15.8. The van der Waals surface area contributed by atoms with Gasteiger partial charge in [-0.3, -0.25) is 0 Å². The first-order valence-electron chi connectivity index (χ1n) is 8.62. The Balaban J connectivity index is 2.17. The van der Waals surface area contributed by atoms with Crippen molar-refractivity contribution in [3.8, 4) is 5.75 Å². The number of ether oxygens (including phenoxy) is 2. The van der Waals surface area contributed by atoms with Crippen molar-refractivity contribution < 1.29 is 19.4 Å². The van der Waals surface area contributed by atoms with Gasteiger partial charge in [-0.2, -0.15) is 0 Å². The highest BCUT2D eigenvalue weighted by molar-refractivity contribution is 5.92. The fraction of sp³-hybridized carbons (Fsp3) is 0.381. The standard InChI is InChI=1S/C21H27NO4/c1-21(2,3)22-13-18(23)16-10-11-19(17(12-16)20(24)25-4)26-14-15-8-6-5-7-9-15/h5-12,18,22-23H,13-14H2,1-4H3. The van der Waals surface area contributed by atoms with Crippen LogP contribution in [0, 0.1) is 0 Å². The Hall–Kier alpha value is -2.37. The van der Waals surface area contributed by atoms with Crippen LogP contribution >= 0.6 is 0 Å². The Kier molecular flexibility index (Phi) is 6.77. The molecule has 0 radical (unpaired) electrons. The number of β-amino-alcohol motifs (C(OH)–C–C–N with tert-alkyl or cyclic N) is 1. The third-order valence-corrected chi connectivity index (χ3v) is 3.86. The lowest BCUT2D eigenvalue weighted by molar-refractivity contribution is 0.0595. The first kappa shape index (κ1) is 19.9. The minimum absolute atomic E-state index is 0.106. The molecular formula is C21H27NO4. The van der Waals surface area contributed by atoms with Crippen LogP contribution in [0.15, 0.2) is 48.5 Å². The van der Waals surface area contributed by atoms with Crippen molar-refractivity contribution in [1.29, 1.82) is 0 Å². The van der Waals surface area contributed by atoms with Crippen molar-refractivity contribution in [2.45, 2.75) is 39.0 Å². The third-order valence-electron chi connectivity index (χ3n) is 3.86. The van der Waals surface area contributed by atoms with Crippen molar-refractivity contribution in [1.82, 2.24) is 5.32 Å². The van der Waals surface area contributed by atoms with Gasteiger partial charge in [0.05, 0.1) is 13.2 Å². The molecule has 1 unspecified atom stereocenters. The summed E-state index contributed by atoms with van der Waals surface area (Å²) >= 11 is 0. The zero-order valence-corrected chi connectivity index (χ0v) is 15.8. The number of esters is 1. The van der Waals surface area contributed by atoms with Crippen LogP contribution in [0.5, 0.6) is 5.75 Å². The average Bonchev–Trinajstić information content (AvgIpc) is 2.64. The summed E-state index contributed by atoms with van der Waals surface area (Å²) in [6.07, 6.45) is -0.735. The maximum atomic E-state index is 12.1. The molecule has 2 N–H and O–H groups in total. The molecule has 0 fully saturated rings. The van der Waals surface area contributed by atoms with E-state index >= 15 is 0 Å².